The van der Waals surface area contributed by atoms with Gasteiger partial charge < -0.3 is 9.67 Å². The molecule has 1 unspecified atom stereocenters. The third-order valence-electron chi connectivity index (χ3n) is 2.90. The average molecular weight is 251 g/mol. The first-order valence-corrected chi connectivity index (χ1v) is 5.93. The van der Waals surface area contributed by atoms with Crippen molar-refractivity contribution in [1.82, 2.24) is 9.55 Å². The Kier molecular flexibility index (Phi) is 3.22. The van der Waals surface area contributed by atoms with E-state index < -0.39 is 5.60 Å². The lowest BCUT2D eigenvalue weighted by molar-refractivity contribution is 0.0882. The van der Waals surface area contributed by atoms with Crippen LogP contribution in [-0.4, -0.2) is 14.7 Å². The zero-order valence-electron chi connectivity index (χ0n) is 9.89. The van der Waals surface area contributed by atoms with Gasteiger partial charge >= 0.3 is 0 Å². The Morgan fingerprint density at radius 3 is 2.59 bits per heavy atom. The van der Waals surface area contributed by atoms with Gasteiger partial charge in [0.2, 0.25) is 0 Å². The van der Waals surface area contributed by atoms with Crippen LogP contribution in [0.5, 0.6) is 0 Å². The number of aliphatic hydroxyl groups is 1. The summed E-state index contributed by atoms with van der Waals surface area (Å²) in [6, 6.07) is 7.17. The second-order valence-corrected chi connectivity index (χ2v) is 4.55. The van der Waals surface area contributed by atoms with Gasteiger partial charge in [-0.3, -0.25) is 0 Å². The van der Waals surface area contributed by atoms with E-state index in [1.165, 1.54) is 0 Å². The van der Waals surface area contributed by atoms with Crippen LogP contribution >= 0.6 is 11.6 Å². The van der Waals surface area contributed by atoms with Crippen LogP contribution in [0.3, 0.4) is 0 Å². The van der Waals surface area contributed by atoms with Crippen molar-refractivity contribution in [3.63, 3.8) is 0 Å². The smallest absolute Gasteiger partial charge is 0.145 e. The van der Waals surface area contributed by atoms with Crippen molar-refractivity contribution in [2.75, 3.05) is 0 Å². The van der Waals surface area contributed by atoms with Gasteiger partial charge in [-0.05, 0) is 31.5 Å². The van der Waals surface area contributed by atoms with Crippen LogP contribution in [0.2, 0.25) is 5.02 Å². The molecule has 0 saturated heterocycles. The van der Waals surface area contributed by atoms with E-state index in [1.54, 1.807) is 25.3 Å². The van der Waals surface area contributed by atoms with E-state index in [2.05, 4.69) is 4.98 Å². The zero-order valence-corrected chi connectivity index (χ0v) is 10.6. The van der Waals surface area contributed by atoms with E-state index in [0.717, 1.165) is 12.1 Å². The maximum absolute atomic E-state index is 10.6. The monoisotopic (exact) mass is 250 g/mol. The molecule has 17 heavy (non-hydrogen) atoms. The molecule has 0 aliphatic carbocycles. The second kappa shape index (κ2) is 4.51. The summed E-state index contributed by atoms with van der Waals surface area (Å²) in [6.07, 6.45) is 3.56. The molecular formula is C13H15ClN2O. The molecule has 2 aromatic rings. The minimum absolute atomic E-state index is 0.641. The fourth-order valence-electron chi connectivity index (χ4n) is 1.89. The molecule has 4 heteroatoms. The largest absolute Gasteiger partial charge is 0.377 e. The van der Waals surface area contributed by atoms with Crippen molar-refractivity contribution in [1.29, 1.82) is 0 Å². The molecule has 0 fully saturated rings. The molecule has 0 saturated carbocycles. The molecule has 3 nitrogen and oxygen atoms in total. The molecule has 0 aliphatic heterocycles. The van der Waals surface area contributed by atoms with Gasteiger partial charge in [-0.1, -0.05) is 23.7 Å². The summed E-state index contributed by atoms with van der Waals surface area (Å²) >= 11 is 5.84. The van der Waals surface area contributed by atoms with Gasteiger partial charge in [0.15, 0.2) is 0 Å². The van der Waals surface area contributed by atoms with E-state index >= 15 is 0 Å². The Morgan fingerprint density at radius 1 is 1.35 bits per heavy atom. The topological polar surface area (TPSA) is 38.0 Å². The summed E-state index contributed by atoms with van der Waals surface area (Å²) in [7, 11) is 0. The van der Waals surface area contributed by atoms with Crippen molar-refractivity contribution in [2.45, 2.75) is 26.0 Å². The molecule has 0 bridgehead atoms. The number of halogens is 1. The summed E-state index contributed by atoms with van der Waals surface area (Å²) in [5.74, 6) is 0.641. The molecule has 1 atom stereocenters. The van der Waals surface area contributed by atoms with Gasteiger partial charge in [0.25, 0.3) is 0 Å². The maximum atomic E-state index is 10.6. The van der Waals surface area contributed by atoms with Crippen molar-refractivity contribution in [3.8, 4) is 0 Å². The van der Waals surface area contributed by atoms with Crippen molar-refractivity contribution >= 4 is 11.6 Å². The van der Waals surface area contributed by atoms with E-state index in [-0.39, 0.29) is 0 Å². The molecule has 1 aromatic carbocycles. The van der Waals surface area contributed by atoms with E-state index in [4.69, 9.17) is 11.6 Å². The van der Waals surface area contributed by atoms with Crippen LogP contribution in [0.15, 0.2) is 36.7 Å². The number of hydrogen-bond acceptors (Lipinski definition) is 2. The lowest BCUT2D eigenvalue weighted by Crippen LogP contribution is -2.27. The van der Waals surface area contributed by atoms with E-state index in [9.17, 15) is 5.11 Å². The summed E-state index contributed by atoms with van der Waals surface area (Å²) < 4.78 is 1.93. The predicted octanol–water partition coefficient (Wildman–Crippen LogP) is 2.81. The number of aryl methyl sites for hydroxylation is 1. The number of aromatic nitrogens is 2. The van der Waals surface area contributed by atoms with Crippen LogP contribution in [0.4, 0.5) is 0 Å². The fourth-order valence-corrected chi connectivity index (χ4v) is 2.02. The van der Waals surface area contributed by atoms with Gasteiger partial charge in [0.05, 0.1) is 0 Å². The van der Waals surface area contributed by atoms with Gasteiger partial charge in [-0.25, -0.2) is 4.98 Å². The van der Waals surface area contributed by atoms with Gasteiger partial charge in [0.1, 0.15) is 11.4 Å². The normalized spacial score (nSPS) is 14.6. The molecule has 0 amide bonds. The van der Waals surface area contributed by atoms with E-state index in [1.807, 2.05) is 29.8 Å². The van der Waals surface area contributed by atoms with Crippen molar-refractivity contribution in [3.05, 3.63) is 53.1 Å². The number of nitrogens with zero attached hydrogens (tertiary/aromatic N) is 2. The first-order chi connectivity index (χ1) is 8.05. The van der Waals surface area contributed by atoms with Gasteiger partial charge in [-0.15, -0.1) is 0 Å². The SMILES string of the molecule is CCn1ccnc1C(C)(O)c1ccc(Cl)cc1. The standard InChI is InChI=1S/C13H15ClN2O/c1-3-16-9-8-15-12(16)13(2,17)10-4-6-11(14)7-5-10/h4-9,17H,3H2,1-2H3. The molecule has 0 radical (unpaired) electrons. The molecule has 2 rings (SSSR count). The highest BCUT2D eigenvalue weighted by atomic mass is 35.5. The Balaban J connectivity index is 2.45. The lowest BCUT2D eigenvalue weighted by atomic mass is 9.95. The van der Waals surface area contributed by atoms with Gasteiger partial charge in [0, 0.05) is 24.0 Å². The van der Waals surface area contributed by atoms with Crippen LogP contribution < -0.4 is 0 Å². The summed E-state index contributed by atoms with van der Waals surface area (Å²) in [5, 5.41) is 11.3. The second-order valence-electron chi connectivity index (χ2n) is 4.12. The number of hydrogen-bond donors (Lipinski definition) is 1. The Labute approximate surface area is 106 Å². The minimum Gasteiger partial charge on any atom is -0.377 e. The van der Waals surface area contributed by atoms with Crippen molar-refractivity contribution in [2.24, 2.45) is 0 Å². The first kappa shape index (κ1) is 12.1. The van der Waals surface area contributed by atoms with Crippen LogP contribution in [-0.2, 0) is 12.1 Å². The summed E-state index contributed by atoms with van der Waals surface area (Å²) in [6.45, 7) is 4.53. The highest BCUT2D eigenvalue weighted by Gasteiger charge is 2.29. The molecule has 0 aliphatic rings. The van der Waals surface area contributed by atoms with Gasteiger partial charge in [-0.2, -0.15) is 0 Å². The van der Waals surface area contributed by atoms with Crippen LogP contribution in [0, 0.1) is 0 Å². The fraction of sp³-hybridized carbons (Fsp3) is 0.308. The molecule has 1 aromatic heterocycles. The molecular weight excluding hydrogens is 236 g/mol. The maximum Gasteiger partial charge on any atom is 0.145 e. The lowest BCUT2D eigenvalue weighted by Gasteiger charge is -2.24. The third-order valence-corrected chi connectivity index (χ3v) is 3.15. The predicted molar refractivity (Wildman–Crippen MR) is 68.0 cm³/mol. The van der Waals surface area contributed by atoms with Crippen LogP contribution in [0.25, 0.3) is 0 Å². The van der Waals surface area contributed by atoms with E-state index in [0.29, 0.717) is 10.8 Å². The quantitative estimate of drug-likeness (QED) is 0.910. The molecule has 1 heterocycles. The Hall–Kier alpha value is -1.32. The third kappa shape index (κ3) is 2.21. The van der Waals surface area contributed by atoms with Crippen LogP contribution in [0.1, 0.15) is 25.2 Å². The number of imidazole rings is 1. The average Bonchev–Trinajstić information content (AvgIpc) is 2.78. The summed E-state index contributed by atoms with van der Waals surface area (Å²) in [4.78, 5) is 4.24. The van der Waals surface area contributed by atoms with Crippen molar-refractivity contribution < 1.29 is 5.11 Å². The minimum atomic E-state index is -1.11. The Bertz CT molecular complexity index is 502. The molecule has 0 spiro atoms. The summed E-state index contributed by atoms with van der Waals surface area (Å²) in [5.41, 5.74) is -0.327. The zero-order chi connectivity index (χ0) is 12.5. The Morgan fingerprint density at radius 2 is 2.00 bits per heavy atom. The molecule has 90 valence electrons. The number of benzene rings is 1. The first-order valence-electron chi connectivity index (χ1n) is 5.55. The molecule has 1 N–H and O–H groups in total. The number of rotatable bonds is 3. The highest BCUT2D eigenvalue weighted by Crippen LogP contribution is 2.28. The highest BCUT2D eigenvalue weighted by molar-refractivity contribution is 6.30.